The van der Waals surface area contributed by atoms with Crippen molar-refractivity contribution in [2.75, 3.05) is 13.2 Å². The molecule has 3 aliphatic rings. The Morgan fingerprint density at radius 2 is 1.94 bits per heavy atom. The van der Waals surface area contributed by atoms with E-state index in [4.69, 9.17) is 4.74 Å². The molecule has 8 nitrogen and oxygen atoms in total. The number of hydrogen-bond donors (Lipinski definition) is 3. The molecular weight excluding hydrogens is 410 g/mol. The smallest absolute Gasteiger partial charge is 0.246 e. The summed E-state index contributed by atoms with van der Waals surface area (Å²) in [5.41, 5.74) is -0.494. The van der Waals surface area contributed by atoms with Crippen molar-refractivity contribution < 1.29 is 24.2 Å². The van der Waals surface area contributed by atoms with Gasteiger partial charge in [0, 0.05) is 25.2 Å². The van der Waals surface area contributed by atoms with E-state index in [9.17, 15) is 19.5 Å². The molecule has 1 spiro atoms. The number of rotatable bonds is 7. The van der Waals surface area contributed by atoms with Crippen LogP contribution in [0.2, 0.25) is 0 Å². The molecule has 0 aromatic heterocycles. The second-order valence-corrected chi connectivity index (χ2v) is 10.1. The summed E-state index contributed by atoms with van der Waals surface area (Å²) in [5, 5.41) is 15.3. The van der Waals surface area contributed by atoms with E-state index in [-0.39, 0.29) is 37.0 Å². The third-order valence-corrected chi connectivity index (χ3v) is 6.72. The lowest BCUT2D eigenvalue weighted by Crippen LogP contribution is -2.58. The quantitative estimate of drug-likeness (QED) is 0.582. The Hall–Kier alpha value is -2.45. The molecule has 0 radical (unpaired) electrons. The summed E-state index contributed by atoms with van der Waals surface area (Å²) >= 11 is 0. The third kappa shape index (κ3) is 3.90. The molecule has 3 amide bonds. The first kappa shape index (κ1) is 22.7. The minimum atomic E-state index is -0.999. The number of aliphatic hydroxyl groups excluding tert-OH is 1. The van der Waals surface area contributed by atoms with Crippen LogP contribution in [0.1, 0.15) is 45.6 Å². The highest BCUT2D eigenvalue weighted by Crippen LogP contribution is 2.58. The van der Waals surface area contributed by atoms with Gasteiger partial charge in [-0.2, -0.15) is 0 Å². The SMILES string of the molecule is CC(C)(C)NC(=O)C1N(CCCO)C(=O)[C@@H]2[C@H](C(=O)NCc3ccccc3)[C@@H]3CCC12O3. The molecule has 1 aromatic rings. The number of nitrogens with zero attached hydrogens (tertiary/aromatic N) is 1. The van der Waals surface area contributed by atoms with Crippen LogP contribution in [-0.2, 0) is 25.7 Å². The molecule has 2 bridgehead atoms. The monoisotopic (exact) mass is 443 g/mol. The van der Waals surface area contributed by atoms with E-state index >= 15 is 0 Å². The van der Waals surface area contributed by atoms with Crippen molar-refractivity contribution in [1.82, 2.24) is 15.5 Å². The lowest BCUT2D eigenvalue weighted by molar-refractivity contribution is -0.143. The molecule has 2 unspecified atom stereocenters. The number of aliphatic hydroxyl groups is 1. The zero-order valence-electron chi connectivity index (χ0n) is 19.0. The molecule has 4 rings (SSSR count). The predicted octanol–water partition coefficient (Wildman–Crippen LogP) is 0.975. The first-order chi connectivity index (χ1) is 15.2. The number of carbonyl (C=O) groups excluding carboxylic acids is 3. The van der Waals surface area contributed by atoms with Crippen LogP contribution in [-0.4, -0.2) is 64.2 Å². The standard InChI is InChI=1S/C24H33N3O5/c1-23(2,3)26-21(30)19-24-11-10-16(32-24)17(18(24)22(31)27(19)12-7-13-28)20(29)25-14-15-8-5-4-6-9-15/h4-6,8-9,16-19,28H,7,10-14H2,1-3H3,(H,25,29)(H,26,30)/t16-,17+,18-,19?,24?/m0/s1. The van der Waals surface area contributed by atoms with E-state index in [1.165, 1.54) is 4.90 Å². The lowest BCUT2D eigenvalue weighted by atomic mass is 9.70. The van der Waals surface area contributed by atoms with Crippen LogP contribution >= 0.6 is 0 Å². The average Bonchev–Trinajstić information content (AvgIpc) is 3.37. The summed E-state index contributed by atoms with van der Waals surface area (Å²) in [4.78, 5) is 41.6. The van der Waals surface area contributed by atoms with Gasteiger partial charge in [-0.05, 0) is 45.6 Å². The number of amides is 3. The second-order valence-electron chi connectivity index (χ2n) is 10.1. The van der Waals surface area contributed by atoms with Gasteiger partial charge in [-0.1, -0.05) is 30.3 Å². The van der Waals surface area contributed by atoms with Crippen molar-refractivity contribution in [3.63, 3.8) is 0 Å². The Morgan fingerprint density at radius 3 is 2.59 bits per heavy atom. The number of benzene rings is 1. The van der Waals surface area contributed by atoms with Gasteiger partial charge < -0.3 is 25.4 Å². The summed E-state index contributed by atoms with van der Waals surface area (Å²) in [7, 11) is 0. The Kier molecular flexibility index (Phi) is 6.02. The molecule has 3 heterocycles. The normalized spacial score (nSPS) is 31.0. The topological polar surface area (TPSA) is 108 Å². The molecule has 0 saturated carbocycles. The van der Waals surface area contributed by atoms with Gasteiger partial charge in [-0.25, -0.2) is 0 Å². The number of ether oxygens (including phenoxy) is 1. The molecule has 3 aliphatic heterocycles. The van der Waals surface area contributed by atoms with E-state index < -0.39 is 29.0 Å². The number of fused-ring (bicyclic) bond motifs is 1. The molecule has 174 valence electrons. The van der Waals surface area contributed by atoms with Gasteiger partial charge >= 0.3 is 0 Å². The maximum atomic E-state index is 13.6. The molecule has 1 aromatic carbocycles. The van der Waals surface area contributed by atoms with E-state index in [2.05, 4.69) is 10.6 Å². The zero-order chi connectivity index (χ0) is 23.1. The van der Waals surface area contributed by atoms with Crippen LogP contribution in [0.4, 0.5) is 0 Å². The van der Waals surface area contributed by atoms with Crippen LogP contribution < -0.4 is 10.6 Å². The van der Waals surface area contributed by atoms with Crippen LogP contribution in [0.25, 0.3) is 0 Å². The van der Waals surface area contributed by atoms with E-state index in [1.54, 1.807) is 0 Å². The maximum Gasteiger partial charge on any atom is 0.246 e. The summed E-state index contributed by atoms with van der Waals surface area (Å²) in [5.74, 6) is -2.01. The fraction of sp³-hybridized carbons (Fsp3) is 0.625. The zero-order valence-corrected chi connectivity index (χ0v) is 19.0. The number of nitrogens with one attached hydrogen (secondary N) is 2. The summed E-state index contributed by atoms with van der Waals surface area (Å²) in [6.45, 7) is 6.21. The average molecular weight is 444 g/mol. The Balaban J connectivity index is 1.60. The Labute approximate surface area is 188 Å². The molecule has 3 N–H and O–H groups in total. The summed E-state index contributed by atoms with van der Waals surface area (Å²) in [6, 6.07) is 8.80. The highest BCUT2D eigenvalue weighted by molar-refractivity contribution is 5.99. The van der Waals surface area contributed by atoms with Gasteiger partial charge in [-0.15, -0.1) is 0 Å². The number of hydrogen-bond acceptors (Lipinski definition) is 5. The van der Waals surface area contributed by atoms with E-state index in [0.29, 0.717) is 25.8 Å². The molecule has 3 fully saturated rings. The van der Waals surface area contributed by atoms with Gasteiger partial charge in [0.2, 0.25) is 17.7 Å². The Morgan fingerprint density at radius 1 is 1.22 bits per heavy atom. The highest BCUT2D eigenvalue weighted by atomic mass is 16.5. The van der Waals surface area contributed by atoms with E-state index in [0.717, 1.165) is 5.56 Å². The number of carbonyl (C=O) groups is 3. The first-order valence-corrected chi connectivity index (χ1v) is 11.4. The largest absolute Gasteiger partial charge is 0.396 e. The molecule has 8 heteroatoms. The van der Waals surface area contributed by atoms with Crippen LogP contribution in [0.3, 0.4) is 0 Å². The van der Waals surface area contributed by atoms with Crippen LogP contribution in [0.5, 0.6) is 0 Å². The van der Waals surface area contributed by atoms with Crippen molar-refractivity contribution in [3.05, 3.63) is 35.9 Å². The molecule has 3 saturated heterocycles. The summed E-state index contributed by atoms with van der Waals surface area (Å²) < 4.78 is 6.35. The maximum absolute atomic E-state index is 13.6. The van der Waals surface area contributed by atoms with Crippen molar-refractivity contribution >= 4 is 17.7 Å². The predicted molar refractivity (Wildman–Crippen MR) is 117 cm³/mol. The van der Waals surface area contributed by atoms with Crippen LogP contribution in [0.15, 0.2) is 30.3 Å². The van der Waals surface area contributed by atoms with Crippen molar-refractivity contribution in [2.24, 2.45) is 11.8 Å². The van der Waals surface area contributed by atoms with E-state index in [1.807, 2.05) is 51.1 Å². The fourth-order valence-electron chi connectivity index (χ4n) is 5.58. The molecule has 32 heavy (non-hydrogen) atoms. The highest BCUT2D eigenvalue weighted by Gasteiger charge is 2.74. The van der Waals surface area contributed by atoms with Gasteiger partial charge in [0.1, 0.15) is 11.6 Å². The third-order valence-electron chi connectivity index (χ3n) is 6.72. The minimum Gasteiger partial charge on any atom is -0.396 e. The van der Waals surface area contributed by atoms with Crippen LogP contribution in [0, 0.1) is 11.8 Å². The molecule has 5 atom stereocenters. The fourth-order valence-corrected chi connectivity index (χ4v) is 5.58. The first-order valence-electron chi connectivity index (χ1n) is 11.4. The van der Waals surface area contributed by atoms with Gasteiger partial charge in [0.25, 0.3) is 0 Å². The van der Waals surface area contributed by atoms with Gasteiger partial charge in [0.15, 0.2) is 0 Å². The molecular formula is C24H33N3O5. The minimum absolute atomic E-state index is 0.0838. The van der Waals surface area contributed by atoms with Crippen molar-refractivity contribution in [3.8, 4) is 0 Å². The number of likely N-dealkylation sites (tertiary alicyclic amines) is 1. The van der Waals surface area contributed by atoms with Crippen molar-refractivity contribution in [1.29, 1.82) is 0 Å². The summed E-state index contributed by atoms with van der Waals surface area (Å²) in [6.07, 6.45) is 1.20. The van der Waals surface area contributed by atoms with Gasteiger partial charge in [0.05, 0.1) is 17.9 Å². The van der Waals surface area contributed by atoms with Crippen molar-refractivity contribution in [2.45, 2.75) is 69.9 Å². The second kappa shape index (κ2) is 8.48. The molecule has 0 aliphatic carbocycles. The van der Waals surface area contributed by atoms with Gasteiger partial charge in [-0.3, -0.25) is 14.4 Å². The lowest BCUT2D eigenvalue weighted by Gasteiger charge is -2.35. The Bertz CT molecular complexity index is 883.